The van der Waals surface area contributed by atoms with Crippen molar-refractivity contribution < 1.29 is 4.74 Å². The minimum absolute atomic E-state index is 0.193. The molecule has 3 rings (SSSR count). The van der Waals surface area contributed by atoms with E-state index in [4.69, 9.17) is 16.3 Å². The van der Waals surface area contributed by atoms with Crippen molar-refractivity contribution in [2.45, 2.75) is 19.4 Å². The molecule has 1 aliphatic heterocycles. The Labute approximate surface area is 121 Å². The minimum Gasteiger partial charge on any atom is -0.377 e. The predicted molar refractivity (Wildman–Crippen MR) is 79.5 cm³/mol. The number of fused-ring (bicyclic) bond motifs is 1. The van der Waals surface area contributed by atoms with Gasteiger partial charge in [0.25, 0.3) is 0 Å². The molecule has 0 spiro atoms. The van der Waals surface area contributed by atoms with Gasteiger partial charge in [0.1, 0.15) is 17.0 Å². The fraction of sp³-hybridized carbons (Fsp3) is 0.538. The first-order chi connectivity index (χ1) is 9.33. The van der Waals surface area contributed by atoms with Gasteiger partial charge in [0.05, 0.1) is 24.6 Å². The zero-order valence-electron chi connectivity index (χ0n) is 10.8. The van der Waals surface area contributed by atoms with E-state index in [1.54, 1.807) is 17.7 Å². The summed E-state index contributed by atoms with van der Waals surface area (Å²) in [6.45, 7) is 4.39. The van der Waals surface area contributed by atoms with E-state index in [-0.39, 0.29) is 6.04 Å². The van der Waals surface area contributed by atoms with E-state index in [1.165, 1.54) is 4.88 Å². The molecule has 1 aliphatic rings. The first-order valence-corrected chi connectivity index (χ1v) is 7.82. The van der Waals surface area contributed by atoms with Crippen LogP contribution in [0.4, 0.5) is 5.82 Å². The summed E-state index contributed by atoms with van der Waals surface area (Å²) in [6, 6.07) is 2.40. The number of aromatic nitrogens is 2. The molecule has 0 aromatic carbocycles. The summed E-state index contributed by atoms with van der Waals surface area (Å²) in [4.78, 5) is 13.5. The lowest BCUT2D eigenvalue weighted by Crippen LogP contribution is -2.47. The summed E-state index contributed by atoms with van der Waals surface area (Å²) in [7, 11) is 0. The van der Waals surface area contributed by atoms with Crippen molar-refractivity contribution in [3.63, 3.8) is 0 Å². The van der Waals surface area contributed by atoms with Crippen LogP contribution in [0.5, 0.6) is 0 Å². The number of aryl methyl sites for hydroxylation is 1. The van der Waals surface area contributed by atoms with E-state index in [0.717, 1.165) is 35.6 Å². The van der Waals surface area contributed by atoms with E-state index in [1.807, 2.05) is 0 Å². The molecule has 0 amide bonds. The lowest BCUT2D eigenvalue weighted by molar-refractivity contribution is 0.0995. The quantitative estimate of drug-likeness (QED) is 0.817. The van der Waals surface area contributed by atoms with Crippen molar-refractivity contribution in [3.05, 3.63) is 17.3 Å². The topological polar surface area (TPSA) is 38.2 Å². The molecule has 0 saturated carbocycles. The van der Waals surface area contributed by atoms with Gasteiger partial charge in [0, 0.05) is 17.3 Å². The van der Waals surface area contributed by atoms with Crippen molar-refractivity contribution in [3.8, 4) is 0 Å². The van der Waals surface area contributed by atoms with Crippen LogP contribution < -0.4 is 4.90 Å². The molecule has 0 bridgehead atoms. The summed E-state index contributed by atoms with van der Waals surface area (Å²) < 4.78 is 5.50. The van der Waals surface area contributed by atoms with Crippen LogP contribution in [-0.2, 0) is 11.2 Å². The van der Waals surface area contributed by atoms with Gasteiger partial charge in [-0.25, -0.2) is 9.97 Å². The number of hydrogen-bond donors (Lipinski definition) is 0. The highest BCUT2D eigenvalue weighted by Crippen LogP contribution is 2.32. The molecule has 1 saturated heterocycles. The molecule has 0 N–H and O–H groups in total. The Morgan fingerprint density at radius 1 is 1.53 bits per heavy atom. The number of morpholine rings is 1. The second-order valence-corrected chi connectivity index (χ2v) is 5.98. The first-order valence-electron chi connectivity index (χ1n) is 6.47. The number of ether oxygens (including phenoxy) is 1. The van der Waals surface area contributed by atoms with E-state index in [0.29, 0.717) is 12.5 Å². The molecule has 6 heteroatoms. The molecule has 4 nitrogen and oxygen atoms in total. The maximum Gasteiger partial charge on any atom is 0.141 e. The predicted octanol–water partition coefficient (Wildman–Crippen LogP) is 2.70. The standard InChI is InChI=1S/C13H16ClN3OS/c1-2-10-5-11-12(15-8-16-13(11)19-10)17-3-4-18-7-9(17)6-14/h5,8-9H,2-4,6-7H2,1H3. The molecule has 0 radical (unpaired) electrons. The van der Waals surface area contributed by atoms with Crippen LogP contribution in [0.25, 0.3) is 10.2 Å². The normalized spacial score (nSPS) is 20.1. The van der Waals surface area contributed by atoms with Gasteiger partial charge >= 0.3 is 0 Å². The smallest absolute Gasteiger partial charge is 0.141 e. The molecule has 2 aromatic rings. The Hall–Kier alpha value is -0.910. The monoisotopic (exact) mass is 297 g/mol. The Balaban J connectivity index is 2.05. The molecular formula is C13H16ClN3OS. The van der Waals surface area contributed by atoms with Gasteiger partial charge in [-0.1, -0.05) is 6.92 Å². The summed E-state index contributed by atoms with van der Waals surface area (Å²) in [5.74, 6) is 1.55. The third-order valence-corrected chi connectivity index (χ3v) is 4.93. The van der Waals surface area contributed by atoms with Gasteiger partial charge in [-0.15, -0.1) is 22.9 Å². The average molecular weight is 298 g/mol. The van der Waals surface area contributed by atoms with Gasteiger partial charge in [-0.2, -0.15) is 0 Å². The van der Waals surface area contributed by atoms with Crippen LogP contribution in [0.3, 0.4) is 0 Å². The van der Waals surface area contributed by atoms with E-state index >= 15 is 0 Å². The summed E-state index contributed by atoms with van der Waals surface area (Å²) >= 11 is 7.79. The number of halogens is 1. The second kappa shape index (κ2) is 5.61. The van der Waals surface area contributed by atoms with E-state index < -0.39 is 0 Å². The maximum atomic E-state index is 6.05. The zero-order chi connectivity index (χ0) is 13.2. The lowest BCUT2D eigenvalue weighted by Gasteiger charge is -2.35. The SMILES string of the molecule is CCc1cc2c(N3CCOCC3CCl)ncnc2s1. The number of thiophene rings is 1. The molecule has 1 atom stereocenters. The molecule has 0 aliphatic carbocycles. The van der Waals surface area contributed by atoms with Crippen molar-refractivity contribution in [1.82, 2.24) is 9.97 Å². The molecule has 1 unspecified atom stereocenters. The highest BCUT2D eigenvalue weighted by atomic mass is 35.5. The van der Waals surface area contributed by atoms with E-state index in [2.05, 4.69) is 27.9 Å². The van der Waals surface area contributed by atoms with Crippen molar-refractivity contribution >= 4 is 39.0 Å². The van der Waals surface area contributed by atoms with Gasteiger partial charge in [-0.3, -0.25) is 0 Å². The molecule has 3 heterocycles. The molecule has 2 aromatic heterocycles. The number of anilines is 1. The van der Waals surface area contributed by atoms with Crippen LogP contribution >= 0.6 is 22.9 Å². The minimum atomic E-state index is 0.193. The van der Waals surface area contributed by atoms with Crippen molar-refractivity contribution in [1.29, 1.82) is 0 Å². The average Bonchev–Trinajstić information content (AvgIpc) is 2.90. The van der Waals surface area contributed by atoms with Crippen LogP contribution in [0.1, 0.15) is 11.8 Å². The number of rotatable bonds is 3. The van der Waals surface area contributed by atoms with Crippen LogP contribution in [0.2, 0.25) is 0 Å². The fourth-order valence-corrected chi connectivity index (χ4v) is 3.54. The summed E-state index contributed by atoms with van der Waals surface area (Å²) in [6.07, 6.45) is 2.68. The molecule has 19 heavy (non-hydrogen) atoms. The van der Waals surface area contributed by atoms with Gasteiger partial charge in [0.15, 0.2) is 0 Å². The fourth-order valence-electron chi connectivity index (χ4n) is 2.36. The van der Waals surface area contributed by atoms with Crippen LogP contribution in [-0.4, -0.2) is 41.6 Å². The van der Waals surface area contributed by atoms with Gasteiger partial charge in [-0.05, 0) is 12.5 Å². The van der Waals surface area contributed by atoms with Crippen molar-refractivity contribution in [2.24, 2.45) is 0 Å². The number of alkyl halides is 1. The van der Waals surface area contributed by atoms with Gasteiger partial charge < -0.3 is 9.64 Å². The molecular weight excluding hydrogens is 282 g/mol. The first kappa shape index (κ1) is 13.1. The Morgan fingerprint density at radius 3 is 3.21 bits per heavy atom. The van der Waals surface area contributed by atoms with Gasteiger partial charge in [0.2, 0.25) is 0 Å². The Kier molecular flexibility index (Phi) is 3.86. The zero-order valence-corrected chi connectivity index (χ0v) is 12.4. The van der Waals surface area contributed by atoms with Crippen molar-refractivity contribution in [2.75, 3.05) is 30.5 Å². The highest BCUT2D eigenvalue weighted by molar-refractivity contribution is 7.18. The second-order valence-electron chi connectivity index (χ2n) is 4.56. The van der Waals surface area contributed by atoms with Crippen LogP contribution in [0.15, 0.2) is 12.4 Å². The van der Waals surface area contributed by atoms with E-state index in [9.17, 15) is 0 Å². The Morgan fingerprint density at radius 2 is 2.42 bits per heavy atom. The van der Waals surface area contributed by atoms with Crippen LogP contribution in [0, 0.1) is 0 Å². The summed E-state index contributed by atoms with van der Waals surface area (Å²) in [5, 5.41) is 1.14. The molecule has 1 fully saturated rings. The Bertz CT molecular complexity index is 574. The number of hydrogen-bond acceptors (Lipinski definition) is 5. The third kappa shape index (κ3) is 2.42. The summed E-state index contributed by atoms with van der Waals surface area (Å²) in [5.41, 5.74) is 0. The third-order valence-electron chi connectivity index (χ3n) is 3.39. The maximum absolute atomic E-state index is 6.05. The lowest BCUT2D eigenvalue weighted by atomic mass is 10.2. The number of nitrogens with zero attached hydrogens (tertiary/aromatic N) is 3. The highest BCUT2D eigenvalue weighted by Gasteiger charge is 2.25. The largest absolute Gasteiger partial charge is 0.377 e. The molecule has 102 valence electrons.